The molecule has 1 saturated heterocycles. The van der Waals surface area contributed by atoms with Crippen LogP contribution in [0.15, 0.2) is 30.3 Å². The largest absolute Gasteiger partial charge is 0.480 e. The summed E-state index contributed by atoms with van der Waals surface area (Å²) in [5.41, 5.74) is 0.417. The highest BCUT2D eigenvalue weighted by molar-refractivity contribution is 5.81. The van der Waals surface area contributed by atoms with Gasteiger partial charge in [-0.3, -0.25) is 4.90 Å². The van der Waals surface area contributed by atoms with E-state index < -0.39 is 23.7 Å². The smallest absolute Gasteiger partial charge is 0.411 e. The first kappa shape index (κ1) is 15.4. The zero-order chi connectivity index (χ0) is 15.6. The average molecular weight is 291 g/mol. The van der Waals surface area contributed by atoms with Crippen LogP contribution in [0.4, 0.5) is 4.79 Å². The van der Waals surface area contributed by atoms with Crippen molar-refractivity contribution in [1.82, 2.24) is 4.90 Å². The number of carbonyl (C=O) groups excluding carboxylic acids is 1. The summed E-state index contributed by atoms with van der Waals surface area (Å²) in [6, 6.07) is 8.84. The third kappa shape index (κ3) is 3.74. The van der Waals surface area contributed by atoms with Gasteiger partial charge in [0, 0.05) is 12.5 Å². The Morgan fingerprint density at radius 2 is 1.86 bits per heavy atom. The lowest BCUT2D eigenvalue weighted by Crippen LogP contribution is -2.43. The molecule has 1 fully saturated rings. The van der Waals surface area contributed by atoms with E-state index in [0.717, 1.165) is 5.56 Å². The second-order valence-corrected chi connectivity index (χ2v) is 6.33. The number of amides is 1. The molecule has 1 aliphatic rings. The van der Waals surface area contributed by atoms with Gasteiger partial charge >= 0.3 is 12.1 Å². The first-order chi connectivity index (χ1) is 9.78. The number of carbonyl (C=O) groups is 2. The van der Waals surface area contributed by atoms with Crippen molar-refractivity contribution in [3.05, 3.63) is 35.9 Å². The summed E-state index contributed by atoms with van der Waals surface area (Å²) in [4.78, 5) is 24.9. The number of benzene rings is 1. The topological polar surface area (TPSA) is 66.8 Å². The van der Waals surface area contributed by atoms with E-state index in [2.05, 4.69) is 0 Å². The molecule has 0 radical (unpaired) electrons. The van der Waals surface area contributed by atoms with Crippen LogP contribution in [-0.2, 0) is 9.53 Å². The molecule has 1 N–H and O–H groups in total. The standard InChI is InChI=1S/C16H21NO4/c1-16(2,3)21-15(20)17-10-12(9-13(17)14(18)19)11-7-5-4-6-8-11/h4-8,12-13H,9-10H2,1-3H3,(H,18,19)/t12-,13+/m0/s1. The molecule has 1 heterocycles. The highest BCUT2D eigenvalue weighted by Crippen LogP contribution is 2.32. The van der Waals surface area contributed by atoms with Gasteiger partial charge in [0.25, 0.3) is 0 Å². The molecule has 1 aromatic rings. The number of carboxylic acids is 1. The highest BCUT2D eigenvalue weighted by atomic mass is 16.6. The SMILES string of the molecule is CC(C)(C)OC(=O)N1C[C@@H](c2ccccc2)C[C@@H]1C(=O)O. The number of hydrogen-bond donors (Lipinski definition) is 1. The van der Waals surface area contributed by atoms with Crippen molar-refractivity contribution in [2.24, 2.45) is 0 Å². The van der Waals surface area contributed by atoms with Crippen LogP contribution in [0.5, 0.6) is 0 Å². The Bertz CT molecular complexity index is 521. The van der Waals surface area contributed by atoms with E-state index in [0.29, 0.717) is 13.0 Å². The van der Waals surface area contributed by atoms with Crippen molar-refractivity contribution >= 4 is 12.1 Å². The van der Waals surface area contributed by atoms with Crippen LogP contribution in [0.2, 0.25) is 0 Å². The van der Waals surface area contributed by atoms with Gasteiger partial charge in [-0.2, -0.15) is 0 Å². The number of likely N-dealkylation sites (tertiary alicyclic amines) is 1. The summed E-state index contributed by atoms with van der Waals surface area (Å²) < 4.78 is 5.31. The number of aliphatic carboxylic acids is 1. The molecule has 5 heteroatoms. The fourth-order valence-corrected chi connectivity index (χ4v) is 2.56. The van der Waals surface area contributed by atoms with E-state index in [1.54, 1.807) is 20.8 Å². The Balaban J connectivity index is 2.16. The Labute approximate surface area is 124 Å². The first-order valence-corrected chi connectivity index (χ1v) is 7.05. The van der Waals surface area contributed by atoms with Crippen molar-refractivity contribution in [2.75, 3.05) is 6.54 Å². The molecule has 1 aromatic carbocycles. The van der Waals surface area contributed by atoms with E-state index in [1.807, 2.05) is 30.3 Å². The maximum atomic E-state index is 12.2. The van der Waals surface area contributed by atoms with E-state index >= 15 is 0 Å². The molecule has 2 rings (SSSR count). The van der Waals surface area contributed by atoms with Gasteiger partial charge in [-0.05, 0) is 32.8 Å². The number of nitrogens with zero attached hydrogens (tertiary/aromatic N) is 1. The van der Waals surface area contributed by atoms with Crippen molar-refractivity contribution in [3.63, 3.8) is 0 Å². The zero-order valence-corrected chi connectivity index (χ0v) is 12.6. The van der Waals surface area contributed by atoms with E-state index in [4.69, 9.17) is 4.74 Å². The van der Waals surface area contributed by atoms with Gasteiger partial charge in [0.15, 0.2) is 0 Å². The Morgan fingerprint density at radius 1 is 1.24 bits per heavy atom. The van der Waals surface area contributed by atoms with Gasteiger partial charge < -0.3 is 9.84 Å². The predicted octanol–water partition coefficient (Wildman–Crippen LogP) is 2.86. The molecule has 0 saturated carbocycles. The fourth-order valence-electron chi connectivity index (χ4n) is 2.56. The summed E-state index contributed by atoms with van der Waals surface area (Å²) in [5.74, 6) is -0.959. The number of rotatable bonds is 2. The van der Waals surface area contributed by atoms with Gasteiger partial charge in [0.05, 0.1) is 0 Å². The van der Waals surface area contributed by atoms with E-state index in [1.165, 1.54) is 4.90 Å². The maximum absolute atomic E-state index is 12.2. The quantitative estimate of drug-likeness (QED) is 0.909. The molecule has 114 valence electrons. The molecule has 0 unspecified atom stereocenters. The summed E-state index contributed by atoms with van der Waals surface area (Å²) in [5, 5.41) is 9.35. The second-order valence-electron chi connectivity index (χ2n) is 6.33. The second kappa shape index (κ2) is 5.76. The molecule has 1 aliphatic heterocycles. The highest BCUT2D eigenvalue weighted by Gasteiger charge is 2.41. The third-order valence-corrected chi connectivity index (χ3v) is 3.49. The van der Waals surface area contributed by atoms with Crippen LogP contribution in [0, 0.1) is 0 Å². The van der Waals surface area contributed by atoms with Gasteiger partial charge in [0.1, 0.15) is 11.6 Å². The minimum absolute atomic E-state index is 0.0276. The Morgan fingerprint density at radius 3 is 2.38 bits per heavy atom. The third-order valence-electron chi connectivity index (χ3n) is 3.49. The molecule has 21 heavy (non-hydrogen) atoms. The lowest BCUT2D eigenvalue weighted by molar-refractivity contribution is -0.142. The summed E-state index contributed by atoms with van der Waals surface area (Å²) in [6.45, 7) is 5.68. The van der Waals surface area contributed by atoms with Crippen LogP contribution >= 0.6 is 0 Å². The Hall–Kier alpha value is -2.04. The van der Waals surface area contributed by atoms with Crippen molar-refractivity contribution in [3.8, 4) is 0 Å². The molecule has 0 aromatic heterocycles. The molecule has 2 atom stereocenters. The molecular formula is C16H21NO4. The van der Waals surface area contributed by atoms with Crippen molar-refractivity contribution < 1.29 is 19.4 Å². The van der Waals surface area contributed by atoms with Crippen LogP contribution in [0.25, 0.3) is 0 Å². The van der Waals surface area contributed by atoms with Gasteiger partial charge in [0.2, 0.25) is 0 Å². The van der Waals surface area contributed by atoms with Gasteiger partial charge in [-0.25, -0.2) is 9.59 Å². The average Bonchev–Trinajstić information content (AvgIpc) is 2.83. The molecule has 0 bridgehead atoms. The summed E-state index contributed by atoms with van der Waals surface area (Å²) in [6.07, 6.45) is -0.146. The molecular weight excluding hydrogens is 270 g/mol. The zero-order valence-electron chi connectivity index (χ0n) is 12.6. The predicted molar refractivity (Wildman–Crippen MR) is 78.2 cm³/mol. The van der Waals surface area contributed by atoms with Crippen LogP contribution < -0.4 is 0 Å². The molecule has 0 spiro atoms. The maximum Gasteiger partial charge on any atom is 0.411 e. The lowest BCUT2D eigenvalue weighted by Gasteiger charge is -2.26. The number of ether oxygens (including phenoxy) is 1. The number of carboxylic acid groups (broad SMARTS) is 1. The normalized spacial score (nSPS) is 22.1. The van der Waals surface area contributed by atoms with E-state index in [-0.39, 0.29) is 5.92 Å². The van der Waals surface area contributed by atoms with Crippen LogP contribution in [-0.4, -0.2) is 40.3 Å². The van der Waals surface area contributed by atoms with Crippen molar-refractivity contribution in [1.29, 1.82) is 0 Å². The van der Waals surface area contributed by atoms with E-state index in [9.17, 15) is 14.7 Å². The lowest BCUT2D eigenvalue weighted by atomic mass is 9.96. The van der Waals surface area contributed by atoms with Gasteiger partial charge in [-0.1, -0.05) is 30.3 Å². The minimum atomic E-state index is -0.987. The van der Waals surface area contributed by atoms with Crippen molar-refractivity contribution in [2.45, 2.75) is 44.8 Å². The minimum Gasteiger partial charge on any atom is -0.480 e. The Kier molecular flexibility index (Phi) is 4.21. The number of hydrogen-bond acceptors (Lipinski definition) is 3. The monoisotopic (exact) mass is 291 g/mol. The summed E-state index contributed by atoms with van der Waals surface area (Å²) >= 11 is 0. The first-order valence-electron chi connectivity index (χ1n) is 7.05. The molecule has 0 aliphatic carbocycles. The van der Waals surface area contributed by atoms with Crippen LogP contribution in [0.3, 0.4) is 0 Å². The van der Waals surface area contributed by atoms with Crippen LogP contribution in [0.1, 0.15) is 38.7 Å². The molecule has 5 nitrogen and oxygen atoms in total. The summed E-state index contributed by atoms with van der Waals surface area (Å²) in [7, 11) is 0. The fraction of sp³-hybridized carbons (Fsp3) is 0.500. The van der Waals surface area contributed by atoms with Gasteiger partial charge in [-0.15, -0.1) is 0 Å². The molecule has 1 amide bonds.